The molecule has 192 valence electrons. The van der Waals surface area contributed by atoms with Gasteiger partial charge in [-0.2, -0.15) is 9.78 Å². The number of aromatic hydroxyl groups is 1. The molecule has 3 aromatic rings. The van der Waals surface area contributed by atoms with Crippen molar-refractivity contribution in [1.82, 2.24) is 19.7 Å². The quantitative estimate of drug-likeness (QED) is 0.386. The Morgan fingerprint density at radius 3 is 2.43 bits per heavy atom. The van der Waals surface area contributed by atoms with E-state index in [4.69, 9.17) is 4.74 Å². The molecule has 0 bridgehead atoms. The first kappa shape index (κ1) is 25.8. The lowest BCUT2D eigenvalue weighted by molar-refractivity contribution is -0.148. The number of H-pyrrole nitrogens is 1. The smallest absolute Gasteiger partial charge is 0.349 e. The number of Topliss-reactive ketones (excluding diaryl/α,β-unsaturated/α-hetero) is 1. The van der Waals surface area contributed by atoms with Gasteiger partial charge in [0.15, 0.2) is 5.78 Å². The van der Waals surface area contributed by atoms with Crippen LogP contribution in [0.15, 0.2) is 44.4 Å². The number of carbonyl (C=O) groups is 3. The first-order valence-electron chi connectivity index (χ1n) is 11.0. The number of aliphatic carboxylic acids is 1. The van der Waals surface area contributed by atoms with Crippen LogP contribution in [0.1, 0.15) is 28.0 Å². The number of hydrogen-bond acceptors (Lipinski definition) is 8. The summed E-state index contributed by atoms with van der Waals surface area (Å²) in [7, 11) is 0. The lowest BCUT2D eigenvalue weighted by Gasteiger charge is -2.29. The van der Waals surface area contributed by atoms with Gasteiger partial charge in [0, 0.05) is 19.5 Å². The molecular formula is C24H21BrN4O8. The number of nitrogens with zero attached hydrogens (tertiary/aromatic N) is 3. The van der Waals surface area contributed by atoms with Crippen LogP contribution >= 0.6 is 15.9 Å². The monoisotopic (exact) mass is 572 g/mol. The number of ether oxygens (including phenoxy) is 1. The van der Waals surface area contributed by atoms with Crippen molar-refractivity contribution in [3.05, 3.63) is 72.5 Å². The van der Waals surface area contributed by atoms with Gasteiger partial charge in [-0.05, 0) is 71.2 Å². The molecule has 1 fully saturated rings. The highest BCUT2D eigenvalue weighted by atomic mass is 79.9. The Bertz CT molecular complexity index is 1540. The Kier molecular flexibility index (Phi) is 6.99. The van der Waals surface area contributed by atoms with Crippen molar-refractivity contribution in [2.24, 2.45) is 5.92 Å². The Labute approximate surface area is 217 Å². The van der Waals surface area contributed by atoms with Gasteiger partial charge in [-0.15, -0.1) is 0 Å². The molecule has 0 spiro atoms. The van der Waals surface area contributed by atoms with E-state index in [2.05, 4.69) is 26.0 Å². The Hall–Kier alpha value is -4.26. The van der Waals surface area contributed by atoms with Gasteiger partial charge in [-0.25, -0.2) is 4.79 Å². The normalized spacial score (nSPS) is 15.5. The molecule has 1 aliphatic heterocycles. The number of aromatic amines is 1. The largest absolute Gasteiger partial charge is 0.507 e. The fourth-order valence-electron chi connectivity index (χ4n) is 3.98. The molecule has 3 N–H and O–H groups in total. The van der Waals surface area contributed by atoms with Gasteiger partial charge in [-0.1, -0.05) is 0 Å². The molecular weight excluding hydrogens is 552 g/mol. The van der Waals surface area contributed by atoms with Crippen LogP contribution in [-0.2, 0) is 9.59 Å². The minimum atomic E-state index is -1.39. The van der Waals surface area contributed by atoms with E-state index >= 15 is 0 Å². The number of halogens is 1. The summed E-state index contributed by atoms with van der Waals surface area (Å²) < 4.78 is 7.26. The van der Waals surface area contributed by atoms with Crippen LogP contribution < -0.4 is 16.0 Å². The Morgan fingerprint density at radius 1 is 1.14 bits per heavy atom. The summed E-state index contributed by atoms with van der Waals surface area (Å²) in [5.41, 5.74) is -1.03. The van der Waals surface area contributed by atoms with E-state index in [1.54, 1.807) is 38.1 Å². The van der Waals surface area contributed by atoms with Gasteiger partial charge in [0.05, 0.1) is 10.2 Å². The van der Waals surface area contributed by atoms with E-state index in [1.165, 1.54) is 6.07 Å². The molecule has 4 rings (SSSR count). The highest BCUT2D eigenvalue weighted by molar-refractivity contribution is 9.10. The summed E-state index contributed by atoms with van der Waals surface area (Å²) >= 11 is 3.23. The molecule has 1 saturated heterocycles. The Balaban J connectivity index is 1.68. The fraction of sp³-hybridized carbons (Fsp3) is 0.250. The third kappa shape index (κ3) is 5.16. The number of rotatable bonds is 5. The lowest BCUT2D eigenvalue weighted by Crippen LogP contribution is -2.49. The van der Waals surface area contributed by atoms with Crippen molar-refractivity contribution in [3.63, 3.8) is 0 Å². The number of piperidine rings is 1. The zero-order valence-corrected chi connectivity index (χ0v) is 21.2. The van der Waals surface area contributed by atoms with E-state index in [-0.39, 0.29) is 24.4 Å². The number of carboxylic acid groups (broad SMARTS) is 1. The van der Waals surface area contributed by atoms with Crippen LogP contribution in [0.3, 0.4) is 0 Å². The summed E-state index contributed by atoms with van der Waals surface area (Å²) in [6.45, 7) is 3.01. The first-order chi connectivity index (χ1) is 17.5. The predicted octanol–water partition coefficient (Wildman–Crippen LogP) is 1.91. The number of carboxylic acids is 1. The van der Waals surface area contributed by atoms with Crippen molar-refractivity contribution < 1.29 is 29.3 Å². The maximum absolute atomic E-state index is 13.0. The number of amides is 1. The average Bonchev–Trinajstić information content (AvgIpc) is 2.83. The number of likely N-dealkylation sites (tertiary alicyclic amines) is 1. The van der Waals surface area contributed by atoms with Crippen molar-refractivity contribution in [1.29, 1.82) is 0 Å². The van der Waals surface area contributed by atoms with Crippen molar-refractivity contribution in [2.75, 3.05) is 13.1 Å². The van der Waals surface area contributed by atoms with E-state index in [0.717, 1.165) is 9.58 Å². The lowest BCUT2D eigenvalue weighted by atomic mass is 9.96. The molecule has 1 atom stereocenters. The van der Waals surface area contributed by atoms with Crippen LogP contribution in [0.5, 0.6) is 17.2 Å². The second-order valence-electron chi connectivity index (χ2n) is 8.50. The molecule has 1 amide bonds. The van der Waals surface area contributed by atoms with Gasteiger partial charge in [0.1, 0.15) is 23.2 Å². The predicted molar refractivity (Wildman–Crippen MR) is 132 cm³/mol. The number of carbonyl (C=O) groups excluding carboxylic acids is 2. The maximum atomic E-state index is 13.0. The summed E-state index contributed by atoms with van der Waals surface area (Å²) in [5.74, 6) is -3.14. The average molecular weight is 573 g/mol. The summed E-state index contributed by atoms with van der Waals surface area (Å²) in [5, 5.41) is 22.9. The second kappa shape index (κ2) is 10.0. The number of hydrogen-bond donors (Lipinski definition) is 3. The molecule has 13 heteroatoms. The van der Waals surface area contributed by atoms with Gasteiger partial charge < -0.3 is 19.8 Å². The van der Waals surface area contributed by atoms with Gasteiger partial charge >= 0.3 is 11.7 Å². The standard InChI is InChI=1S/C24H21BrN4O8/c1-11-7-13(8-12(2)20(11)37-14-3-4-18(31)16(25)9-14)29-24(36)26-21(32)19(27-29)22(33)28-6-5-17(30)15(10-28)23(34)35/h3-4,7-9,15,31H,5-6,10H2,1-2H3,(H,34,35)(H,26,32,36). The molecule has 2 aromatic carbocycles. The molecule has 37 heavy (non-hydrogen) atoms. The van der Waals surface area contributed by atoms with Crippen molar-refractivity contribution in [2.45, 2.75) is 20.3 Å². The topological polar surface area (TPSA) is 172 Å². The number of phenols is 1. The summed E-state index contributed by atoms with van der Waals surface area (Å²) in [6, 6.07) is 7.81. The number of benzene rings is 2. The van der Waals surface area contributed by atoms with Crippen LogP contribution in [0, 0.1) is 19.8 Å². The second-order valence-corrected chi connectivity index (χ2v) is 9.36. The van der Waals surface area contributed by atoms with Crippen LogP contribution in [-0.4, -0.2) is 60.6 Å². The first-order valence-corrected chi connectivity index (χ1v) is 11.8. The number of aryl methyl sites for hydroxylation is 2. The van der Waals surface area contributed by atoms with Crippen molar-refractivity contribution in [3.8, 4) is 22.9 Å². The number of ketones is 1. The summed E-state index contributed by atoms with van der Waals surface area (Å²) in [4.78, 5) is 64.4. The van der Waals surface area contributed by atoms with E-state index < -0.39 is 47.1 Å². The molecule has 1 unspecified atom stereocenters. The fourth-order valence-corrected chi connectivity index (χ4v) is 4.34. The van der Waals surface area contributed by atoms with Crippen molar-refractivity contribution >= 4 is 33.6 Å². The maximum Gasteiger partial charge on any atom is 0.349 e. The van der Waals surface area contributed by atoms with E-state index in [1.807, 2.05) is 0 Å². The van der Waals surface area contributed by atoms with Crippen LogP contribution in [0.2, 0.25) is 0 Å². The zero-order valence-electron chi connectivity index (χ0n) is 19.6. The van der Waals surface area contributed by atoms with Gasteiger partial charge in [-0.3, -0.25) is 24.2 Å². The highest BCUT2D eigenvalue weighted by Gasteiger charge is 2.36. The van der Waals surface area contributed by atoms with Gasteiger partial charge in [0.25, 0.3) is 11.5 Å². The van der Waals surface area contributed by atoms with Crippen LogP contribution in [0.4, 0.5) is 0 Å². The zero-order chi connectivity index (χ0) is 27.0. The number of phenolic OH excluding ortho intramolecular Hbond substituents is 1. The third-order valence-electron chi connectivity index (χ3n) is 5.86. The van der Waals surface area contributed by atoms with Crippen LogP contribution in [0.25, 0.3) is 5.69 Å². The number of aromatic nitrogens is 3. The molecule has 1 aliphatic rings. The molecule has 1 aromatic heterocycles. The Morgan fingerprint density at radius 2 is 1.81 bits per heavy atom. The highest BCUT2D eigenvalue weighted by Crippen LogP contribution is 2.34. The molecule has 0 saturated carbocycles. The SMILES string of the molecule is Cc1cc(-n2nc(C(=O)N3CCC(=O)C(C(=O)O)C3)c(=O)[nH]c2=O)cc(C)c1Oc1ccc(O)c(Br)c1. The molecule has 2 heterocycles. The minimum absolute atomic E-state index is 0.0552. The molecule has 0 radical (unpaired) electrons. The van der Waals surface area contributed by atoms with E-state index in [9.17, 15) is 34.2 Å². The molecule has 0 aliphatic carbocycles. The van der Waals surface area contributed by atoms with E-state index in [0.29, 0.717) is 27.1 Å². The minimum Gasteiger partial charge on any atom is -0.507 e. The molecule has 12 nitrogen and oxygen atoms in total. The summed E-state index contributed by atoms with van der Waals surface area (Å²) in [6.07, 6.45) is -0.169. The van der Waals surface area contributed by atoms with Gasteiger partial charge in [0.2, 0.25) is 5.69 Å². The number of nitrogens with one attached hydrogen (secondary N) is 1. The third-order valence-corrected chi connectivity index (χ3v) is 6.50.